The molecule has 0 saturated heterocycles. The number of aliphatic carboxylic acids is 1. The van der Waals surface area contributed by atoms with Crippen LogP contribution in [0, 0.1) is 0 Å². The lowest BCUT2D eigenvalue weighted by atomic mass is 10.5. The summed E-state index contributed by atoms with van der Waals surface area (Å²) in [6.45, 7) is 10.5. The Hall–Kier alpha value is -1.10. The van der Waals surface area contributed by atoms with Gasteiger partial charge < -0.3 is 14.7 Å². The molecule has 0 spiro atoms. The van der Waals surface area contributed by atoms with Gasteiger partial charge in [-0.2, -0.15) is 0 Å². The highest BCUT2D eigenvalue weighted by Gasteiger charge is 2.01. The zero-order valence-corrected chi connectivity index (χ0v) is 10.7. The molecule has 0 aromatic rings. The summed E-state index contributed by atoms with van der Waals surface area (Å²) < 4.78 is 4.94. The summed E-state index contributed by atoms with van der Waals surface area (Å²) in [7, 11) is 0. The first-order chi connectivity index (χ1) is 7.47. The zero-order valence-electron chi connectivity index (χ0n) is 10.7. The average Bonchev–Trinajstić information content (AvgIpc) is 2.23. The van der Waals surface area contributed by atoms with Gasteiger partial charge in [0.05, 0.1) is 0 Å². The van der Waals surface area contributed by atoms with Crippen molar-refractivity contribution in [3.63, 3.8) is 0 Å². The van der Waals surface area contributed by atoms with Gasteiger partial charge in [-0.1, -0.05) is 20.8 Å². The largest absolute Gasteiger partial charge is 0.481 e. The molecule has 0 aromatic carbocycles. The topological polar surface area (TPSA) is 66.8 Å². The summed E-state index contributed by atoms with van der Waals surface area (Å²) in [5, 5.41) is 7.42. The van der Waals surface area contributed by atoms with E-state index in [4.69, 9.17) is 14.6 Å². The van der Waals surface area contributed by atoms with Gasteiger partial charge in [-0.3, -0.25) is 9.59 Å². The molecule has 0 bridgehead atoms. The molecule has 0 aliphatic rings. The molecule has 0 saturated carbocycles. The molecule has 1 N–H and O–H groups in total. The molecule has 0 atom stereocenters. The van der Waals surface area contributed by atoms with Gasteiger partial charge in [0.15, 0.2) is 0 Å². The lowest BCUT2D eigenvalue weighted by molar-refractivity contribution is -0.143. The molecular formula is C11H23NO4. The smallest absolute Gasteiger partial charge is 0.305 e. The molecule has 0 rings (SSSR count). The number of likely N-dealkylation sites (N-methyl/N-ethyl adjacent to an activating group) is 1. The van der Waals surface area contributed by atoms with Crippen molar-refractivity contribution in [2.75, 3.05) is 26.2 Å². The van der Waals surface area contributed by atoms with Gasteiger partial charge in [0.2, 0.25) is 0 Å². The molecule has 0 aliphatic heterocycles. The van der Waals surface area contributed by atoms with Crippen molar-refractivity contribution < 1.29 is 19.4 Å². The second kappa shape index (κ2) is 12.0. The van der Waals surface area contributed by atoms with Crippen LogP contribution in [0.4, 0.5) is 0 Å². The Kier molecular flexibility index (Phi) is 12.9. The number of esters is 1. The van der Waals surface area contributed by atoms with E-state index in [1.54, 1.807) is 6.92 Å². The van der Waals surface area contributed by atoms with Gasteiger partial charge in [-0.15, -0.1) is 0 Å². The second-order valence-electron chi connectivity index (χ2n) is 3.12. The van der Waals surface area contributed by atoms with Crippen molar-refractivity contribution in [2.45, 2.75) is 34.1 Å². The highest BCUT2D eigenvalue weighted by Crippen LogP contribution is 1.89. The van der Waals surface area contributed by atoms with Crippen molar-refractivity contribution in [1.29, 1.82) is 0 Å². The highest BCUT2D eigenvalue weighted by atomic mass is 16.5. The van der Waals surface area contributed by atoms with Crippen LogP contribution in [0.1, 0.15) is 34.1 Å². The molecule has 5 nitrogen and oxygen atoms in total. The Morgan fingerprint density at radius 1 is 1.19 bits per heavy atom. The van der Waals surface area contributed by atoms with Crippen LogP contribution in [0.15, 0.2) is 0 Å². The summed E-state index contributed by atoms with van der Waals surface area (Å²) >= 11 is 0. The predicted molar refractivity (Wildman–Crippen MR) is 62.3 cm³/mol. The van der Waals surface area contributed by atoms with E-state index in [1.807, 2.05) is 0 Å². The maximum atomic E-state index is 10.7. The Labute approximate surface area is 97.4 Å². The number of nitrogens with zero attached hydrogens (tertiary/aromatic N) is 1. The predicted octanol–water partition coefficient (Wildman–Crippen LogP) is 1.37. The minimum Gasteiger partial charge on any atom is -0.481 e. The van der Waals surface area contributed by atoms with Crippen molar-refractivity contribution in [1.82, 2.24) is 4.90 Å². The lowest BCUT2D eigenvalue weighted by Gasteiger charge is -2.17. The first-order valence-corrected chi connectivity index (χ1v) is 5.55. The molecule has 0 aliphatic carbocycles. The van der Waals surface area contributed by atoms with Crippen LogP contribution in [-0.4, -0.2) is 48.2 Å². The number of carboxylic acids is 1. The van der Waals surface area contributed by atoms with Gasteiger partial charge in [0, 0.05) is 19.9 Å². The molecule has 96 valence electrons. The van der Waals surface area contributed by atoms with Gasteiger partial charge in [-0.25, -0.2) is 0 Å². The Morgan fingerprint density at radius 2 is 1.62 bits per heavy atom. The van der Waals surface area contributed by atoms with Gasteiger partial charge in [-0.05, 0) is 13.1 Å². The number of carboxylic acid groups (broad SMARTS) is 1. The van der Waals surface area contributed by atoms with Crippen LogP contribution in [-0.2, 0) is 14.3 Å². The van der Waals surface area contributed by atoms with E-state index in [2.05, 4.69) is 18.7 Å². The van der Waals surface area contributed by atoms with E-state index in [-0.39, 0.29) is 5.97 Å². The summed E-state index contributed by atoms with van der Waals surface area (Å²) in [6, 6.07) is 0. The molecular weight excluding hydrogens is 210 g/mol. The van der Waals surface area contributed by atoms with Gasteiger partial charge in [0.1, 0.15) is 6.61 Å². The number of carbonyl (C=O) groups excluding carboxylic acids is 1. The van der Waals surface area contributed by atoms with E-state index >= 15 is 0 Å². The van der Waals surface area contributed by atoms with Crippen LogP contribution in [0.5, 0.6) is 0 Å². The SMILES string of the molecule is CC(=O)O.CCC(=O)OCCN(CC)CC. The third-order valence-electron chi connectivity index (χ3n) is 1.85. The molecule has 5 heteroatoms. The Balaban J connectivity index is 0. The van der Waals surface area contributed by atoms with Crippen LogP contribution in [0.25, 0.3) is 0 Å². The lowest BCUT2D eigenvalue weighted by Crippen LogP contribution is -2.27. The molecule has 0 fully saturated rings. The van der Waals surface area contributed by atoms with Crippen LogP contribution < -0.4 is 0 Å². The first-order valence-electron chi connectivity index (χ1n) is 5.55. The van der Waals surface area contributed by atoms with Crippen molar-refractivity contribution in [3.8, 4) is 0 Å². The van der Waals surface area contributed by atoms with E-state index in [1.165, 1.54) is 0 Å². The van der Waals surface area contributed by atoms with E-state index < -0.39 is 5.97 Å². The number of hydrogen-bond acceptors (Lipinski definition) is 4. The molecule has 0 amide bonds. The van der Waals surface area contributed by atoms with E-state index in [0.717, 1.165) is 26.6 Å². The van der Waals surface area contributed by atoms with E-state index in [0.29, 0.717) is 13.0 Å². The molecule has 0 aromatic heterocycles. The second-order valence-corrected chi connectivity index (χ2v) is 3.12. The van der Waals surface area contributed by atoms with Crippen molar-refractivity contribution >= 4 is 11.9 Å². The average molecular weight is 233 g/mol. The van der Waals surface area contributed by atoms with Gasteiger partial charge >= 0.3 is 5.97 Å². The van der Waals surface area contributed by atoms with Crippen LogP contribution in [0.3, 0.4) is 0 Å². The van der Waals surface area contributed by atoms with Crippen LogP contribution >= 0.6 is 0 Å². The highest BCUT2D eigenvalue weighted by molar-refractivity contribution is 5.68. The molecule has 16 heavy (non-hydrogen) atoms. The fourth-order valence-corrected chi connectivity index (χ4v) is 0.930. The number of carbonyl (C=O) groups is 2. The van der Waals surface area contributed by atoms with Crippen molar-refractivity contribution in [3.05, 3.63) is 0 Å². The zero-order chi connectivity index (χ0) is 13.0. The minimum absolute atomic E-state index is 0.109. The number of hydrogen-bond donors (Lipinski definition) is 1. The van der Waals surface area contributed by atoms with E-state index in [9.17, 15) is 4.79 Å². The molecule has 0 unspecified atom stereocenters. The minimum atomic E-state index is -0.833. The monoisotopic (exact) mass is 233 g/mol. The third-order valence-corrected chi connectivity index (χ3v) is 1.85. The third kappa shape index (κ3) is 15.4. The first kappa shape index (κ1) is 17.3. The fraction of sp³-hybridized carbons (Fsp3) is 0.818. The summed E-state index contributed by atoms with van der Waals surface area (Å²) in [5.41, 5.74) is 0. The molecule has 0 radical (unpaired) electrons. The van der Waals surface area contributed by atoms with Crippen molar-refractivity contribution in [2.24, 2.45) is 0 Å². The Bertz CT molecular complexity index is 186. The summed E-state index contributed by atoms with van der Waals surface area (Å²) in [4.78, 5) is 22.0. The maximum absolute atomic E-state index is 10.7. The quantitative estimate of drug-likeness (QED) is 0.702. The number of rotatable bonds is 6. The number of ether oxygens (including phenoxy) is 1. The normalized spacial score (nSPS) is 9.31. The standard InChI is InChI=1S/C9H19NO2.C2H4O2/c1-4-9(11)12-8-7-10(5-2)6-3;1-2(3)4/h4-8H2,1-3H3;1H3,(H,3,4). The van der Waals surface area contributed by atoms with Crippen LogP contribution in [0.2, 0.25) is 0 Å². The summed E-state index contributed by atoms with van der Waals surface area (Å²) in [5.74, 6) is -0.942. The maximum Gasteiger partial charge on any atom is 0.305 e. The fourth-order valence-electron chi connectivity index (χ4n) is 0.930. The van der Waals surface area contributed by atoms with Gasteiger partial charge in [0.25, 0.3) is 5.97 Å². The Morgan fingerprint density at radius 3 is 1.94 bits per heavy atom. The summed E-state index contributed by atoms with van der Waals surface area (Å²) in [6.07, 6.45) is 0.470. The molecule has 0 heterocycles.